The second kappa shape index (κ2) is 10.1. The third-order valence-electron chi connectivity index (χ3n) is 5.36. The Hall–Kier alpha value is -3.29. The van der Waals surface area contributed by atoms with E-state index in [0.29, 0.717) is 6.42 Å². The van der Waals surface area contributed by atoms with Crippen molar-refractivity contribution in [2.75, 3.05) is 6.61 Å². The lowest BCUT2D eigenvalue weighted by atomic mass is 9.84. The van der Waals surface area contributed by atoms with Crippen molar-refractivity contribution < 1.29 is 32.2 Å². The van der Waals surface area contributed by atoms with Crippen molar-refractivity contribution in [3.05, 3.63) is 76.9 Å². The third-order valence-corrected chi connectivity index (χ3v) is 5.36. The van der Waals surface area contributed by atoms with Crippen LogP contribution in [0.15, 0.2) is 54.6 Å². The van der Waals surface area contributed by atoms with Gasteiger partial charge >= 0.3 is 12.3 Å². The fourth-order valence-corrected chi connectivity index (χ4v) is 4.12. The maximum Gasteiger partial charge on any atom is 0.573 e. The van der Waals surface area contributed by atoms with Gasteiger partial charge in [-0.3, -0.25) is 9.59 Å². The molecule has 0 aromatic heterocycles. The monoisotopic (exact) mass is 461 g/mol. The van der Waals surface area contributed by atoms with Crippen LogP contribution in [0.3, 0.4) is 0 Å². The molecule has 1 aliphatic carbocycles. The van der Waals surface area contributed by atoms with Gasteiger partial charge in [0.2, 0.25) is 0 Å². The van der Waals surface area contributed by atoms with Crippen molar-refractivity contribution in [2.24, 2.45) is 5.92 Å². The summed E-state index contributed by atoms with van der Waals surface area (Å²) in [7, 11) is 0. The zero-order valence-corrected chi connectivity index (χ0v) is 18.6. The van der Waals surface area contributed by atoms with E-state index < -0.39 is 23.9 Å². The van der Waals surface area contributed by atoms with E-state index in [9.17, 15) is 22.8 Å². The molecule has 0 heterocycles. The highest BCUT2D eigenvalue weighted by molar-refractivity contribution is 5.94. The Balaban J connectivity index is 1.69. The normalized spacial score (nSPS) is 18.6. The average molecular weight is 461 g/mol. The second-order valence-corrected chi connectivity index (χ2v) is 8.09. The summed E-state index contributed by atoms with van der Waals surface area (Å²) in [4.78, 5) is 25.4. The number of alkyl halides is 3. The maximum absolute atomic E-state index is 12.8. The molecular formula is C25H26F3NO4. The van der Waals surface area contributed by atoms with Crippen molar-refractivity contribution in [1.82, 2.24) is 5.32 Å². The topological polar surface area (TPSA) is 64.6 Å². The van der Waals surface area contributed by atoms with Gasteiger partial charge in [0.25, 0.3) is 5.91 Å². The average Bonchev–Trinajstić information content (AvgIpc) is 3.14. The van der Waals surface area contributed by atoms with Crippen LogP contribution in [-0.4, -0.2) is 30.9 Å². The van der Waals surface area contributed by atoms with Gasteiger partial charge in [0.15, 0.2) is 0 Å². The number of esters is 1. The molecule has 1 amide bonds. The molecule has 5 nitrogen and oxygen atoms in total. The molecule has 0 saturated carbocycles. The Morgan fingerprint density at radius 2 is 1.70 bits per heavy atom. The van der Waals surface area contributed by atoms with E-state index in [-0.39, 0.29) is 30.1 Å². The lowest BCUT2D eigenvalue weighted by Gasteiger charge is -2.23. The Kier molecular flexibility index (Phi) is 7.46. The van der Waals surface area contributed by atoms with Gasteiger partial charge in [-0.1, -0.05) is 41.5 Å². The van der Waals surface area contributed by atoms with Gasteiger partial charge in [0.05, 0.1) is 12.5 Å². The van der Waals surface area contributed by atoms with Gasteiger partial charge in [-0.05, 0) is 62.9 Å². The SMILES string of the molecule is CCOC(=O)C(c1cc(C)cc(C)c1)C1C=CC(NC(=O)c2ccc(OC(F)(F)F)cc2)C1. The first-order valence-corrected chi connectivity index (χ1v) is 10.7. The highest BCUT2D eigenvalue weighted by Crippen LogP contribution is 2.35. The Bertz CT molecular complexity index is 1010. The highest BCUT2D eigenvalue weighted by Gasteiger charge is 2.35. The molecule has 2 aromatic carbocycles. The first kappa shape index (κ1) is 24.4. The zero-order valence-electron chi connectivity index (χ0n) is 18.6. The quantitative estimate of drug-likeness (QED) is 0.453. The number of amides is 1. The molecule has 1 N–H and O–H groups in total. The summed E-state index contributed by atoms with van der Waals surface area (Å²) in [6, 6.07) is 10.4. The summed E-state index contributed by atoms with van der Waals surface area (Å²) in [5.41, 5.74) is 3.17. The fraction of sp³-hybridized carbons (Fsp3) is 0.360. The molecule has 0 radical (unpaired) electrons. The number of benzene rings is 2. The Morgan fingerprint density at radius 3 is 2.27 bits per heavy atom. The van der Waals surface area contributed by atoms with E-state index in [4.69, 9.17) is 4.74 Å². The van der Waals surface area contributed by atoms with Crippen LogP contribution in [0.25, 0.3) is 0 Å². The third kappa shape index (κ3) is 6.60. The van der Waals surface area contributed by atoms with Crippen molar-refractivity contribution in [1.29, 1.82) is 0 Å². The first-order chi connectivity index (χ1) is 15.6. The molecule has 0 aliphatic heterocycles. The largest absolute Gasteiger partial charge is 0.573 e. The maximum atomic E-state index is 12.8. The lowest BCUT2D eigenvalue weighted by Crippen LogP contribution is -2.33. The number of aryl methyl sites for hydroxylation is 2. The smallest absolute Gasteiger partial charge is 0.466 e. The molecule has 176 valence electrons. The second-order valence-electron chi connectivity index (χ2n) is 8.09. The number of hydrogen-bond donors (Lipinski definition) is 1. The predicted molar refractivity (Wildman–Crippen MR) is 117 cm³/mol. The lowest BCUT2D eigenvalue weighted by molar-refractivity contribution is -0.274. The number of halogens is 3. The van der Waals surface area contributed by atoms with E-state index in [1.165, 1.54) is 12.1 Å². The summed E-state index contributed by atoms with van der Waals surface area (Å²) >= 11 is 0. The first-order valence-electron chi connectivity index (χ1n) is 10.7. The van der Waals surface area contributed by atoms with Crippen molar-refractivity contribution in [3.63, 3.8) is 0 Å². The molecule has 3 atom stereocenters. The van der Waals surface area contributed by atoms with Crippen molar-refractivity contribution in [2.45, 2.75) is 45.5 Å². The van der Waals surface area contributed by atoms with Gasteiger partial charge in [-0.25, -0.2) is 0 Å². The van der Waals surface area contributed by atoms with Gasteiger partial charge in [0, 0.05) is 11.6 Å². The van der Waals surface area contributed by atoms with Crippen LogP contribution < -0.4 is 10.1 Å². The van der Waals surface area contributed by atoms with Crippen LogP contribution in [0.4, 0.5) is 13.2 Å². The van der Waals surface area contributed by atoms with Crippen molar-refractivity contribution in [3.8, 4) is 5.75 Å². The molecule has 2 aromatic rings. The van der Waals surface area contributed by atoms with Crippen LogP contribution in [0, 0.1) is 19.8 Å². The number of carbonyl (C=O) groups excluding carboxylic acids is 2. The van der Waals surface area contributed by atoms with Crippen LogP contribution in [0.2, 0.25) is 0 Å². The van der Waals surface area contributed by atoms with Crippen molar-refractivity contribution >= 4 is 11.9 Å². The molecule has 0 fully saturated rings. The van der Waals surface area contributed by atoms with Crippen LogP contribution >= 0.6 is 0 Å². The van der Waals surface area contributed by atoms with E-state index in [2.05, 4.69) is 10.1 Å². The van der Waals surface area contributed by atoms with Crippen LogP contribution in [-0.2, 0) is 9.53 Å². The molecule has 3 rings (SSSR count). The Labute approximate surface area is 190 Å². The van der Waals surface area contributed by atoms with Gasteiger partial charge in [-0.15, -0.1) is 13.2 Å². The predicted octanol–water partition coefficient (Wildman–Crippen LogP) is 5.22. The fourth-order valence-electron chi connectivity index (χ4n) is 4.12. The standard InChI is InChI=1S/C25H26F3NO4/c1-4-32-24(31)22(19-12-15(2)11-16(3)13-19)18-5-8-20(14-18)29-23(30)17-6-9-21(10-7-17)33-25(26,27)28/h5-13,18,20,22H,4,14H2,1-3H3,(H,29,30). The van der Waals surface area contributed by atoms with E-state index in [0.717, 1.165) is 28.8 Å². The number of nitrogens with one attached hydrogen (secondary N) is 1. The minimum absolute atomic E-state index is 0.168. The highest BCUT2D eigenvalue weighted by atomic mass is 19.4. The molecule has 0 saturated heterocycles. The summed E-state index contributed by atoms with van der Waals surface area (Å²) in [6.07, 6.45) is -0.556. The number of rotatable bonds is 7. The molecule has 8 heteroatoms. The summed E-state index contributed by atoms with van der Waals surface area (Å²) < 4.78 is 46.1. The van der Waals surface area contributed by atoms with Gasteiger partial charge < -0.3 is 14.8 Å². The Morgan fingerprint density at radius 1 is 1.06 bits per heavy atom. The summed E-state index contributed by atoms with van der Waals surface area (Å²) in [6.45, 7) is 5.97. The summed E-state index contributed by atoms with van der Waals surface area (Å²) in [5, 5.41) is 2.85. The number of carbonyl (C=O) groups is 2. The van der Waals surface area contributed by atoms with Gasteiger partial charge in [-0.2, -0.15) is 0 Å². The van der Waals surface area contributed by atoms with E-state index in [1.54, 1.807) is 6.92 Å². The van der Waals surface area contributed by atoms with E-state index >= 15 is 0 Å². The van der Waals surface area contributed by atoms with E-state index in [1.807, 2.05) is 44.2 Å². The minimum atomic E-state index is -4.79. The molecular weight excluding hydrogens is 435 g/mol. The van der Waals surface area contributed by atoms with Gasteiger partial charge in [0.1, 0.15) is 5.75 Å². The number of ether oxygens (including phenoxy) is 2. The minimum Gasteiger partial charge on any atom is -0.466 e. The van der Waals surface area contributed by atoms with Crippen LogP contribution in [0.1, 0.15) is 46.3 Å². The summed E-state index contributed by atoms with van der Waals surface area (Å²) in [5.74, 6) is -1.81. The van der Waals surface area contributed by atoms with Crippen LogP contribution in [0.5, 0.6) is 5.75 Å². The molecule has 0 bridgehead atoms. The molecule has 33 heavy (non-hydrogen) atoms. The molecule has 1 aliphatic rings. The molecule has 0 spiro atoms. The number of allylic oxidation sites excluding steroid dienone is 1. The molecule has 3 unspecified atom stereocenters. The number of hydrogen-bond acceptors (Lipinski definition) is 4. The zero-order chi connectivity index (χ0) is 24.2.